The Labute approximate surface area is 193 Å². The molecule has 2 aromatic carbocycles. The van der Waals surface area contributed by atoms with E-state index in [-0.39, 0.29) is 35.8 Å². The topological polar surface area (TPSA) is 75.1 Å². The highest BCUT2D eigenvalue weighted by Gasteiger charge is 2.18. The van der Waals surface area contributed by atoms with Crippen molar-refractivity contribution in [1.29, 1.82) is 0 Å². The number of phenols is 1. The van der Waals surface area contributed by atoms with Crippen LogP contribution >= 0.6 is 24.0 Å². The molecule has 0 bridgehead atoms. The molecule has 0 heterocycles. The van der Waals surface area contributed by atoms with Crippen LogP contribution in [0.3, 0.4) is 0 Å². The summed E-state index contributed by atoms with van der Waals surface area (Å²) in [7, 11) is 3.32. The van der Waals surface area contributed by atoms with Crippen molar-refractivity contribution in [2.45, 2.75) is 44.9 Å². The number of phenolic OH excluding ortho intramolecular Hbond substituents is 1. The molecule has 0 unspecified atom stereocenters. The van der Waals surface area contributed by atoms with E-state index >= 15 is 0 Å². The van der Waals surface area contributed by atoms with Gasteiger partial charge in [-0.15, -0.1) is 24.0 Å². The van der Waals surface area contributed by atoms with E-state index in [1.807, 2.05) is 18.2 Å². The number of halogens is 2. The summed E-state index contributed by atoms with van der Waals surface area (Å²) in [5.41, 5.74) is 1.72. The van der Waals surface area contributed by atoms with Crippen LogP contribution in [0.4, 0.5) is 4.39 Å². The molecule has 3 rings (SSSR count). The van der Waals surface area contributed by atoms with Crippen molar-refractivity contribution in [3.05, 3.63) is 53.3 Å². The molecule has 0 aromatic heterocycles. The molecule has 1 aliphatic carbocycles. The number of rotatable bonds is 7. The molecular formula is C22H29FIN3O3. The van der Waals surface area contributed by atoms with Crippen molar-refractivity contribution in [1.82, 2.24) is 10.6 Å². The van der Waals surface area contributed by atoms with Gasteiger partial charge >= 0.3 is 0 Å². The molecular weight excluding hydrogens is 500 g/mol. The molecule has 6 nitrogen and oxygen atoms in total. The van der Waals surface area contributed by atoms with Gasteiger partial charge in [0, 0.05) is 31.8 Å². The van der Waals surface area contributed by atoms with Gasteiger partial charge in [-0.25, -0.2) is 4.39 Å². The Morgan fingerprint density at radius 2 is 1.87 bits per heavy atom. The first-order valence-electron chi connectivity index (χ1n) is 9.84. The number of aromatic hydroxyl groups is 1. The highest BCUT2D eigenvalue weighted by atomic mass is 127. The summed E-state index contributed by atoms with van der Waals surface area (Å²) in [5.74, 6) is 1.17. The molecule has 0 amide bonds. The molecule has 30 heavy (non-hydrogen) atoms. The standard InChI is InChI=1S/C22H28FN3O3.HI/c1-24-22(25-13-15-7-10-20(27)19(23)11-15)26-14-16-8-9-18(28-2)12-21(16)29-17-5-3-4-6-17;/h7-12,17,27H,3-6,13-14H2,1-2H3,(H2,24,25,26);1H. The summed E-state index contributed by atoms with van der Waals surface area (Å²) in [5, 5.41) is 15.7. The van der Waals surface area contributed by atoms with Crippen LogP contribution in [-0.2, 0) is 13.1 Å². The van der Waals surface area contributed by atoms with Crippen LogP contribution in [0.2, 0.25) is 0 Å². The number of hydrogen-bond donors (Lipinski definition) is 3. The van der Waals surface area contributed by atoms with Crippen molar-refractivity contribution < 1.29 is 19.0 Å². The number of methoxy groups -OCH3 is 1. The number of guanidine groups is 1. The monoisotopic (exact) mass is 529 g/mol. The second kappa shape index (κ2) is 11.8. The van der Waals surface area contributed by atoms with Gasteiger partial charge in [0.25, 0.3) is 0 Å². The molecule has 0 radical (unpaired) electrons. The smallest absolute Gasteiger partial charge is 0.191 e. The summed E-state index contributed by atoms with van der Waals surface area (Å²) < 4.78 is 25.0. The third-order valence-electron chi connectivity index (χ3n) is 5.01. The van der Waals surface area contributed by atoms with E-state index in [1.54, 1.807) is 20.2 Å². The van der Waals surface area contributed by atoms with Gasteiger partial charge < -0.3 is 25.2 Å². The average molecular weight is 529 g/mol. The molecule has 2 aromatic rings. The average Bonchev–Trinajstić information content (AvgIpc) is 3.24. The van der Waals surface area contributed by atoms with Crippen LogP contribution in [0.15, 0.2) is 41.4 Å². The Kier molecular flexibility index (Phi) is 9.48. The van der Waals surface area contributed by atoms with E-state index in [4.69, 9.17) is 9.47 Å². The van der Waals surface area contributed by atoms with Crippen molar-refractivity contribution in [3.63, 3.8) is 0 Å². The van der Waals surface area contributed by atoms with E-state index in [0.717, 1.165) is 29.9 Å². The molecule has 0 spiro atoms. The first-order chi connectivity index (χ1) is 14.1. The fourth-order valence-corrected chi connectivity index (χ4v) is 3.35. The Hall–Kier alpha value is -2.23. The maximum Gasteiger partial charge on any atom is 0.191 e. The number of aliphatic imine (C=N–C) groups is 1. The minimum absolute atomic E-state index is 0. The zero-order valence-electron chi connectivity index (χ0n) is 17.3. The SMILES string of the molecule is CN=C(NCc1ccc(O)c(F)c1)NCc1ccc(OC)cc1OC1CCCC1.I. The molecule has 0 atom stereocenters. The fourth-order valence-electron chi connectivity index (χ4n) is 3.35. The number of ether oxygens (including phenoxy) is 2. The number of nitrogens with zero attached hydrogens (tertiary/aromatic N) is 1. The van der Waals surface area contributed by atoms with Gasteiger partial charge in [-0.3, -0.25) is 4.99 Å². The van der Waals surface area contributed by atoms with Crippen molar-refractivity contribution in [3.8, 4) is 17.2 Å². The second-order valence-electron chi connectivity index (χ2n) is 7.06. The molecule has 1 saturated carbocycles. The van der Waals surface area contributed by atoms with E-state index in [2.05, 4.69) is 15.6 Å². The van der Waals surface area contributed by atoms with Crippen LogP contribution in [0.5, 0.6) is 17.2 Å². The zero-order valence-corrected chi connectivity index (χ0v) is 19.6. The normalized spacial score (nSPS) is 14.2. The Morgan fingerprint density at radius 3 is 2.53 bits per heavy atom. The lowest BCUT2D eigenvalue weighted by Crippen LogP contribution is -2.36. The molecule has 164 valence electrons. The summed E-state index contributed by atoms with van der Waals surface area (Å²) in [6.45, 7) is 0.903. The summed E-state index contributed by atoms with van der Waals surface area (Å²) in [6.07, 6.45) is 4.82. The third kappa shape index (κ3) is 6.65. The Morgan fingerprint density at radius 1 is 1.13 bits per heavy atom. The quantitative estimate of drug-likeness (QED) is 0.283. The predicted molar refractivity (Wildman–Crippen MR) is 126 cm³/mol. The zero-order chi connectivity index (χ0) is 20.6. The minimum Gasteiger partial charge on any atom is -0.505 e. The van der Waals surface area contributed by atoms with Gasteiger partial charge in [0.2, 0.25) is 0 Å². The van der Waals surface area contributed by atoms with Gasteiger partial charge in [0.1, 0.15) is 11.5 Å². The molecule has 0 aliphatic heterocycles. The van der Waals surface area contributed by atoms with E-state index in [9.17, 15) is 9.50 Å². The Bertz CT molecular complexity index is 858. The summed E-state index contributed by atoms with van der Waals surface area (Å²) >= 11 is 0. The van der Waals surface area contributed by atoms with E-state index < -0.39 is 5.82 Å². The number of nitrogens with one attached hydrogen (secondary N) is 2. The predicted octanol–water partition coefficient (Wildman–Crippen LogP) is 4.34. The molecule has 0 saturated heterocycles. The Balaban J connectivity index is 0.00000320. The van der Waals surface area contributed by atoms with Crippen LogP contribution in [0, 0.1) is 5.82 Å². The van der Waals surface area contributed by atoms with Gasteiger partial charge in [0.05, 0.1) is 13.2 Å². The maximum atomic E-state index is 13.5. The minimum atomic E-state index is -0.640. The molecule has 3 N–H and O–H groups in total. The lowest BCUT2D eigenvalue weighted by Gasteiger charge is -2.19. The van der Waals surface area contributed by atoms with Crippen molar-refractivity contribution >= 4 is 29.9 Å². The van der Waals surface area contributed by atoms with Crippen molar-refractivity contribution in [2.75, 3.05) is 14.2 Å². The number of hydrogen-bond acceptors (Lipinski definition) is 4. The van der Waals surface area contributed by atoms with Crippen LogP contribution in [0.25, 0.3) is 0 Å². The third-order valence-corrected chi connectivity index (χ3v) is 5.01. The second-order valence-corrected chi connectivity index (χ2v) is 7.06. The lowest BCUT2D eigenvalue weighted by molar-refractivity contribution is 0.207. The van der Waals surface area contributed by atoms with Crippen molar-refractivity contribution in [2.24, 2.45) is 4.99 Å². The first kappa shape index (κ1) is 24.0. The lowest BCUT2D eigenvalue weighted by atomic mass is 10.1. The highest BCUT2D eigenvalue weighted by molar-refractivity contribution is 14.0. The van der Waals surface area contributed by atoms with Crippen LogP contribution < -0.4 is 20.1 Å². The maximum absolute atomic E-state index is 13.5. The van der Waals surface area contributed by atoms with E-state index in [0.29, 0.717) is 24.6 Å². The van der Waals surface area contributed by atoms with E-state index in [1.165, 1.54) is 25.0 Å². The number of benzene rings is 2. The molecule has 1 aliphatic rings. The summed E-state index contributed by atoms with van der Waals surface area (Å²) in [4.78, 5) is 4.21. The molecule has 1 fully saturated rings. The highest BCUT2D eigenvalue weighted by Crippen LogP contribution is 2.30. The summed E-state index contributed by atoms with van der Waals surface area (Å²) in [6, 6.07) is 10.1. The van der Waals surface area contributed by atoms with Gasteiger partial charge in [-0.1, -0.05) is 6.07 Å². The largest absolute Gasteiger partial charge is 0.505 e. The van der Waals surface area contributed by atoms with Crippen LogP contribution in [0.1, 0.15) is 36.8 Å². The van der Waals surface area contributed by atoms with Crippen LogP contribution in [-0.4, -0.2) is 31.3 Å². The first-order valence-corrected chi connectivity index (χ1v) is 9.84. The molecule has 8 heteroatoms. The van der Waals surface area contributed by atoms with Gasteiger partial charge in [-0.2, -0.15) is 0 Å². The fraction of sp³-hybridized carbons (Fsp3) is 0.409. The van der Waals surface area contributed by atoms with Gasteiger partial charge in [0.15, 0.2) is 17.5 Å². The van der Waals surface area contributed by atoms with Gasteiger partial charge in [-0.05, 0) is 55.5 Å².